The fourth-order valence-corrected chi connectivity index (χ4v) is 3.27. The van der Waals surface area contributed by atoms with Crippen LogP contribution in [-0.4, -0.2) is 6.54 Å². The summed E-state index contributed by atoms with van der Waals surface area (Å²) >= 11 is 0. The molecular weight excluding hydrogens is 218 g/mol. The van der Waals surface area contributed by atoms with Gasteiger partial charge in [-0.25, -0.2) is 0 Å². The van der Waals surface area contributed by atoms with Gasteiger partial charge in [-0.05, 0) is 62.1 Å². The van der Waals surface area contributed by atoms with Crippen molar-refractivity contribution < 1.29 is 0 Å². The molecule has 1 N–H and O–H groups in total. The smallest absolute Gasteiger partial charge is 0.0210 e. The van der Waals surface area contributed by atoms with Gasteiger partial charge in [0.25, 0.3) is 0 Å². The molecule has 0 saturated heterocycles. The lowest BCUT2D eigenvalue weighted by atomic mass is 9.67. The van der Waals surface area contributed by atoms with Gasteiger partial charge < -0.3 is 5.32 Å². The van der Waals surface area contributed by atoms with Gasteiger partial charge in [0.15, 0.2) is 0 Å². The maximum absolute atomic E-state index is 3.70. The van der Waals surface area contributed by atoms with E-state index >= 15 is 0 Å². The molecule has 100 valence electrons. The lowest BCUT2D eigenvalue weighted by Gasteiger charge is -2.41. The van der Waals surface area contributed by atoms with E-state index < -0.39 is 0 Å². The molecule has 0 atom stereocenters. The summed E-state index contributed by atoms with van der Waals surface area (Å²) in [7, 11) is 0. The van der Waals surface area contributed by atoms with E-state index in [1.165, 1.54) is 54.5 Å². The first-order valence-corrected chi connectivity index (χ1v) is 7.34. The molecule has 0 radical (unpaired) electrons. The van der Waals surface area contributed by atoms with E-state index in [1.807, 2.05) is 0 Å². The molecule has 0 aliphatic heterocycles. The fraction of sp³-hybridized carbons (Fsp3) is 0.647. The molecule has 1 aliphatic rings. The van der Waals surface area contributed by atoms with Gasteiger partial charge in [0, 0.05) is 13.1 Å². The highest BCUT2D eigenvalue weighted by Gasteiger charge is 2.34. The van der Waals surface area contributed by atoms with Crippen molar-refractivity contribution in [3.05, 3.63) is 34.4 Å². The Morgan fingerprint density at radius 3 is 2.17 bits per heavy atom. The molecule has 0 aromatic heterocycles. The third-order valence-corrected chi connectivity index (χ3v) is 4.81. The molecule has 1 heteroatoms. The van der Waals surface area contributed by atoms with Crippen LogP contribution in [0.25, 0.3) is 0 Å². The topological polar surface area (TPSA) is 12.0 Å². The van der Waals surface area contributed by atoms with Crippen LogP contribution in [0, 0.1) is 26.2 Å². The van der Waals surface area contributed by atoms with Gasteiger partial charge in [-0.15, -0.1) is 0 Å². The van der Waals surface area contributed by atoms with Crippen LogP contribution in [0.3, 0.4) is 0 Å². The van der Waals surface area contributed by atoms with Crippen molar-refractivity contribution in [3.63, 3.8) is 0 Å². The van der Waals surface area contributed by atoms with E-state index in [0.717, 1.165) is 6.54 Å². The van der Waals surface area contributed by atoms with Gasteiger partial charge >= 0.3 is 0 Å². The van der Waals surface area contributed by atoms with Crippen molar-refractivity contribution in [3.8, 4) is 0 Å². The predicted molar refractivity (Wildman–Crippen MR) is 78.9 cm³/mol. The number of aryl methyl sites for hydroxylation is 3. The van der Waals surface area contributed by atoms with Crippen LogP contribution in [-0.2, 0) is 6.54 Å². The maximum Gasteiger partial charge on any atom is 0.0210 e. The highest BCUT2D eigenvalue weighted by atomic mass is 14.9. The normalized spacial score (nSPS) is 17.6. The molecule has 1 aromatic rings. The second kappa shape index (κ2) is 5.44. The average Bonchev–Trinajstić information content (AvgIpc) is 2.25. The Morgan fingerprint density at radius 1 is 1.11 bits per heavy atom. The van der Waals surface area contributed by atoms with Gasteiger partial charge in [0.1, 0.15) is 0 Å². The van der Waals surface area contributed by atoms with E-state index in [0.29, 0.717) is 5.41 Å². The number of hydrogen-bond acceptors (Lipinski definition) is 1. The number of rotatable bonds is 5. The monoisotopic (exact) mass is 245 g/mol. The van der Waals surface area contributed by atoms with Crippen molar-refractivity contribution >= 4 is 0 Å². The highest BCUT2D eigenvalue weighted by molar-refractivity contribution is 5.37. The summed E-state index contributed by atoms with van der Waals surface area (Å²) in [5.41, 5.74) is 6.34. The minimum Gasteiger partial charge on any atom is -0.312 e. The molecule has 0 bridgehead atoms. The van der Waals surface area contributed by atoms with Gasteiger partial charge in [-0.3, -0.25) is 0 Å². The largest absolute Gasteiger partial charge is 0.312 e. The molecule has 2 rings (SSSR count). The zero-order valence-corrected chi connectivity index (χ0v) is 12.4. The Bertz CT molecular complexity index is 387. The molecule has 1 fully saturated rings. The lowest BCUT2D eigenvalue weighted by Crippen LogP contribution is -2.39. The molecule has 0 spiro atoms. The van der Waals surface area contributed by atoms with Crippen LogP contribution in [0.5, 0.6) is 0 Å². The third kappa shape index (κ3) is 2.77. The van der Waals surface area contributed by atoms with Gasteiger partial charge in [0.05, 0.1) is 0 Å². The predicted octanol–water partition coefficient (Wildman–Crippen LogP) is 4.28. The van der Waals surface area contributed by atoms with Crippen molar-refractivity contribution in [1.82, 2.24) is 5.32 Å². The molecule has 0 amide bonds. The standard InChI is InChI=1S/C17H27N/c1-5-17(7-6-8-17)12-18-11-16-14(3)9-13(2)10-15(16)4/h9-10,18H,5-8,11-12H2,1-4H3. The summed E-state index contributed by atoms with van der Waals surface area (Å²) in [6, 6.07) is 4.59. The fourth-order valence-electron chi connectivity index (χ4n) is 3.27. The van der Waals surface area contributed by atoms with Crippen molar-refractivity contribution in [2.45, 2.75) is 59.9 Å². The molecule has 1 saturated carbocycles. The summed E-state index contributed by atoms with van der Waals surface area (Å²) in [4.78, 5) is 0. The zero-order chi connectivity index (χ0) is 13.2. The Balaban J connectivity index is 1.94. The number of hydrogen-bond donors (Lipinski definition) is 1. The van der Waals surface area contributed by atoms with E-state index in [9.17, 15) is 0 Å². The Labute approximate surface area is 112 Å². The summed E-state index contributed by atoms with van der Waals surface area (Å²) in [5, 5.41) is 3.70. The molecule has 18 heavy (non-hydrogen) atoms. The summed E-state index contributed by atoms with van der Waals surface area (Å²) < 4.78 is 0. The molecule has 1 aromatic carbocycles. The first-order chi connectivity index (χ1) is 8.56. The Kier molecular flexibility index (Phi) is 4.11. The van der Waals surface area contributed by atoms with Crippen molar-refractivity contribution in [2.75, 3.05) is 6.54 Å². The first-order valence-electron chi connectivity index (χ1n) is 7.34. The van der Waals surface area contributed by atoms with Crippen LogP contribution in [0.4, 0.5) is 0 Å². The SMILES string of the molecule is CCC1(CNCc2c(C)cc(C)cc2C)CCC1. The van der Waals surface area contributed by atoms with E-state index in [4.69, 9.17) is 0 Å². The Morgan fingerprint density at radius 2 is 1.72 bits per heavy atom. The van der Waals surface area contributed by atoms with Crippen LogP contribution in [0.1, 0.15) is 54.9 Å². The molecule has 0 heterocycles. The summed E-state index contributed by atoms with van der Waals surface area (Å²) in [6.45, 7) is 11.2. The molecular formula is C17H27N. The minimum atomic E-state index is 0.618. The summed E-state index contributed by atoms with van der Waals surface area (Å²) in [6.07, 6.45) is 5.59. The zero-order valence-electron chi connectivity index (χ0n) is 12.4. The first kappa shape index (κ1) is 13.6. The van der Waals surface area contributed by atoms with Crippen molar-refractivity contribution in [1.29, 1.82) is 0 Å². The van der Waals surface area contributed by atoms with Crippen molar-refractivity contribution in [2.24, 2.45) is 5.41 Å². The number of nitrogens with one attached hydrogen (secondary N) is 1. The second-order valence-corrected chi connectivity index (χ2v) is 6.19. The van der Waals surface area contributed by atoms with E-state index in [2.05, 4.69) is 45.1 Å². The van der Waals surface area contributed by atoms with Gasteiger partial charge in [-0.2, -0.15) is 0 Å². The Hall–Kier alpha value is -0.820. The molecule has 0 unspecified atom stereocenters. The molecule has 1 nitrogen and oxygen atoms in total. The van der Waals surface area contributed by atoms with E-state index in [-0.39, 0.29) is 0 Å². The van der Waals surface area contributed by atoms with Crippen LogP contribution in [0.2, 0.25) is 0 Å². The summed E-state index contributed by atoms with van der Waals surface area (Å²) in [5.74, 6) is 0. The van der Waals surface area contributed by atoms with Crippen LogP contribution in [0.15, 0.2) is 12.1 Å². The third-order valence-electron chi connectivity index (χ3n) is 4.81. The van der Waals surface area contributed by atoms with E-state index in [1.54, 1.807) is 0 Å². The maximum atomic E-state index is 3.70. The van der Waals surface area contributed by atoms with Gasteiger partial charge in [-0.1, -0.05) is 31.0 Å². The quantitative estimate of drug-likeness (QED) is 0.816. The minimum absolute atomic E-state index is 0.618. The lowest BCUT2D eigenvalue weighted by molar-refractivity contribution is 0.124. The number of benzene rings is 1. The van der Waals surface area contributed by atoms with Gasteiger partial charge in [0.2, 0.25) is 0 Å². The second-order valence-electron chi connectivity index (χ2n) is 6.19. The molecule has 1 aliphatic carbocycles. The van der Waals surface area contributed by atoms with Crippen LogP contribution >= 0.6 is 0 Å². The average molecular weight is 245 g/mol. The van der Waals surface area contributed by atoms with Crippen LogP contribution < -0.4 is 5.32 Å². The highest BCUT2D eigenvalue weighted by Crippen LogP contribution is 2.43.